The molecule has 1 aromatic heterocycles. The van der Waals surface area contributed by atoms with Crippen molar-refractivity contribution < 1.29 is 19.1 Å². The van der Waals surface area contributed by atoms with Crippen LogP contribution in [0.2, 0.25) is 0 Å². The van der Waals surface area contributed by atoms with Crippen molar-refractivity contribution in [3.63, 3.8) is 0 Å². The van der Waals surface area contributed by atoms with Gasteiger partial charge < -0.3 is 24.7 Å². The Hall–Kier alpha value is -2.54. The van der Waals surface area contributed by atoms with Crippen molar-refractivity contribution in [3.8, 4) is 5.75 Å². The number of aromatic amines is 1. The highest BCUT2D eigenvalue weighted by Gasteiger charge is 2.48. The maximum atomic E-state index is 13.7. The number of nitrogens with one attached hydrogen (secondary N) is 2. The molecule has 180 valence electrons. The molecular formula is C26H37N3O4. The van der Waals surface area contributed by atoms with Gasteiger partial charge in [0.1, 0.15) is 17.8 Å². The number of ether oxygens (including phenoxy) is 2. The van der Waals surface area contributed by atoms with E-state index in [2.05, 4.69) is 24.1 Å². The monoisotopic (exact) mass is 455 g/mol. The fourth-order valence-electron chi connectivity index (χ4n) is 5.11. The highest BCUT2D eigenvalue weighted by molar-refractivity contribution is 5.99. The van der Waals surface area contributed by atoms with Gasteiger partial charge in [0.25, 0.3) is 0 Å². The van der Waals surface area contributed by atoms with Gasteiger partial charge in [-0.1, -0.05) is 13.8 Å². The predicted octanol–water partition coefficient (Wildman–Crippen LogP) is 4.11. The fourth-order valence-corrected chi connectivity index (χ4v) is 5.11. The topological polar surface area (TPSA) is 83.7 Å². The molecule has 1 fully saturated rings. The number of aromatic nitrogens is 1. The van der Waals surface area contributed by atoms with Crippen LogP contribution >= 0.6 is 0 Å². The van der Waals surface area contributed by atoms with E-state index in [0.717, 1.165) is 40.8 Å². The Bertz CT molecular complexity index is 1040. The Kier molecular flexibility index (Phi) is 6.45. The van der Waals surface area contributed by atoms with E-state index in [4.69, 9.17) is 9.47 Å². The third-order valence-corrected chi connectivity index (χ3v) is 6.59. The van der Waals surface area contributed by atoms with Gasteiger partial charge >= 0.3 is 0 Å². The van der Waals surface area contributed by atoms with Gasteiger partial charge in [-0.3, -0.25) is 9.59 Å². The average molecular weight is 456 g/mol. The number of rotatable bonds is 7. The standard InChI is InChI=1S/C26H37N3O4/c1-15(2)12-21-23-18(17-10-9-16(32-6)13-20(17)27-23)14-22-24(30)28-19(25(31)29(21)22)8-7-11-33-26(3,4)5/h9-10,13,15,19,21-22,27H,7-8,11-12,14H2,1-6H3,(H,28,30)/t19-,21-,22-/m0/s1. The van der Waals surface area contributed by atoms with Gasteiger partial charge in [0.15, 0.2) is 0 Å². The van der Waals surface area contributed by atoms with E-state index in [-0.39, 0.29) is 23.5 Å². The van der Waals surface area contributed by atoms with Crippen LogP contribution in [0, 0.1) is 5.92 Å². The molecule has 0 saturated carbocycles. The summed E-state index contributed by atoms with van der Waals surface area (Å²) in [6.07, 6.45) is 2.62. The molecule has 7 nitrogen and oxygen atoms in total. The lowest BCUT2D eigenvalue weighted by molar-refractivity contribution is -0.154. The molecule has 33 heavy (non-hydrogen) atoms. The Morgan fingerprint density at radius 3 is 2.64 bits per heavy atom. The molecule has 2 amide bonds. The van der Waals surface area contributed by atoms with Gasteiger partial charge in [0.05, 0.1) is 18.8 Å². The van der Waals surface area contributed by atoms with Crippen LogP contribution in [-0.2, 0) is 20.7 Å². The SMILES string of the molecule is COc1ccc2c3c([nH]c2c1)[C@H](CC(C)C)N1C(=O)[C@H](CCCOC(C)(C)C)NC(=O)[C@@H]1C3. The molecule has 0 radical (unpaired) electrons. The van der Waals surface area contributed by atoms with Crippen LogP contribution in [0.4, 0.5) is 0 Å². The molecule has 1 saturated heterocycles. The second-order valence-electron chi connectivity index (χ2n) is 10.7. The molecule has 1 aromatic carbocycles. The number of nitrogens with zero attached hydrogens (tertiary/aromatic N) is 1. The number of carbonyl (C=O) groups is 2. The Balaban J connectivity index is 1.64. The number of methoxy groups -OCH3 is 1. The summed E-state index contributed by atoms with van der Waals surface area (Å²) in [5.41, 5.74) is 2.96. The molecule has 0 bridgehead atoms. The molecule has 2 aromatic rings. The molecule has 2 aliphatic heterocycles. The number of hydrogen-bond donors (Lipinski definition) is 2. The maximum absolute atomic E-state index is 13.7. The molecule has 0 unspecified atom stereocenters. The predicted molar refractivity (Wildman–Crippen MR) is 128 cm³/mol. The summed E-state index contributed by atoms with van der Waals surface area (Å²) in [7, 11) is 1.65. The van der Waals surface area contributed by atoms with E-state index in [0.29, 0.717) is 25.4 Å². The van der Waals surface area contributed by atoms with Crippen molar-refractivity contribution in [3.05, 3.63) is 29.5 Å². The van der Waals surface area contributed by atoms with Crippen LogP contribution in [0.25, 0.3) is 10.9 Å². The number of benzene rings is 1. The first-order valence-electron chi connectivity index (χ1n) is 12.0. The summed E-state index contributed by atoms with van der Waals surface area (Å²) in [5, 5.41) is 4.11. The summed E-state index contributed by atoms with van der Waals surface area (Å²) >= 11 is 0. The first-order chi connectivity index (χ1) is 15.6. The van der Waals surface area contributed by atoms with Crippen molar-refractivity contribution >= 4 is 22.7 Å². The quantitative estimate of drug-likeness (QED) is 0.616. The maximum Gasteiger partial charge on any atom is 0.246 e. The Morgan fingerprint density at radius 2 is 1.97 bits per heavy atom. The molecule has 7 heteroatoms. The van der Waals surface area contributed by atoms with Crippen LogP contribution in [0.5, 0.6) is 5.75 Å². The van der Waals surface area contributed by atoms with E-state index >= 15 is 0 Å². The number of amides is 2. The van der Waals surface area contributed by atoms with Crippen LogP contribution in [0.1, 0.15) is 71.2 Å². The van der Waals surface area contributed by atoms with Gasteiger partial charge in [-0.05, 0) is 63.6 Å². The minimum Gasteiger partial charge on any atom is -0.497 e. The van der Waals surface area contributed by atoms with E-state index < -0.39 is 12.1 Å². The summed E-state index contributed by atoms with van der Waals surface area (Å²) in [6, 6.07) is 4.85. The van der Waals surface area contributed by atoms with Gasteiger partial charge in [0.2, 0.25) is 11.8 Å². The minimum absolute atomic E-state index is 0.0166. The van der Waals surface area contributed by atoms with E-state index in [1.165, 1.54) is 0 Å². The number of H-pyrrole nitrogens is 1. The largest absolute Gasteiger partial charge is 0.497 e. The zero-order valence-electron chi connectivity index (χ0n) is 20.7. The number of carbonyl (C=O) groups excluding carboxylic acids is 2. The molecule has 0 aliphatic carbocycles. The first kappa shape index (κ1) is 23.6. The van der Waals surface area contributed by atoms with Gasteiger partial charge in [-0.25, -0.2) is 0 Å². The zero-order chi connectivity index (χ0) is 23.9. The molecule has 3 atom stereocenters. The third kappa shape index (κ3) is 4.74. The minimum atomic E-state index is -0.502. The van der Waals surface area contributed by atoms with Crippen molar-refractivity contribution in [2.24, 2.45) is 5.92 Å². The van der Waals surface area contributed by atoms with Crippen molar-refractivity contribution in [1.29, 1.82) is 0 Å². The van der Waals surface area contributed by atoms with E-state index in [1.54, 1.807) is 7.11 Å². The fraction of sp³-hybridized carbons (Fsp3) is 0.615. The lowest BCUT2D eigenvalue weighted by Crippen LogP contribution is -2.65. The average Bonchev–Trinajstić information content (AvgIpc) is 3.11. The van der Waals surface area contributed by atoms with Crippen molar-refractivity contribution in [2.45, 2.75) is 84.0 Å². The smallest absolute Gasteiger partial charge is 0.246 e. The summed E-state index contributed by atoms with van der Waals surface area (Å²) < 4.78 is 11.2. The van der Waals surface area contributed by atoms with Crippen molar-refractivity contribution in [1.82, 2.24) is 15.2 Å². The lowest BCUT2D eigenvalue weighted by Gasteiger charge is -2.47. The van der Waals surface area contributed by atoms with Crippen LogP contribution in [0.15, 0.2) is 18.2 Å². The highest BCUT2D eigenvalue weighted by Crippen LogP contribution is 2.42. The summed E-state index contributed by atoms with van der Waals surface area (Å²) in [6.45, 7) is 10.9. The number of piperazine rings is 1. The molecule has 2 aliphatic rings. The van der Waals surface area contributed by atoms with Gasteiger partial charge in [-0.15, -0.1) is 0 Å². The Labute approximate surface area is 196 Å². The van der Waals surface area contributed by atoms with Crippen LogP contribution in [0.3, 0.4) is 0 Å². The first-order valence-corrected chi connectivity index (χ1v) is 12.0. The number of fused-ring (bicyclic) bond motifs is 4. The van der Waals surface area contributed by atoms with Gasteiger partial charge in [-0.2, -0.15) is 0 Å². The van der Waals surface area contributed by atoms with Crippen LogP contribution in [-0.4, -0.2) is 53.1 Å². The zero-order valence-corrected chi connectivity index (χ0v) is 20.7. The molecule has 2 N–H and O–H groups in total. The van der Waals surface area contributed by atoms with E-state index in [1.807, 2.05) is 43.9 Å². The Morgan fingerprint density at radius 1 is 1.21 bits per heavy atom. The summed E-state index contributed by atoms with van der Waals surface area (Å²) in [4.78, 5) is 32.3. The second kappa shape index (κ2) is 9.01. The molecule has 0 spiro atoms. The van der Waals surface area contributed by atoms with Crippen molar-refractivity contribution in [2.75, 3.05) is 13.7 Å². The lowest BCUT2D eigenvalue weighted by atomic mass is 9.85. The normalized spacial score (nSPS) is 23.0. The molecular weight excluding hydrogens is 418 g/mol. The summed E-state index contributed by atoms with van der Waals surface area (Å²) in [5.74, 6) is 1.12. The molecule has 3 heterocycles. The highest BCUT2D eigenvalue weighted by atomic mass is 16.5. The van der Waals surface area contributed by atoms with Crippen LogP contribution < -0.4 is 10.1 Å². The third-order valence-electron chi connectivity index (χ3n) is 6.59. The number of hydrogen-bond acceptors (Lipinski definition) is 4. The molecule has 4 rings (SSSR count). The second-order valence-corrected chi connectivity index (χ2v) is 10.7. The van der Waals surface area contributed by atoms with Gasteiger partial charge in [0, 0.05) is 35.7 Å². The van der Waals surface area contributed by atoms with E-state index in [9.17, 15) is 9.59 Å².